The van der Waals surface area contributed by atoms with Crippen LogP contribution in [-0.4, -0.2) is 52.4 Å². The summed E-state index contributed by atoms with van der Waals surface area (Å²) in [4.78, 5) is 23.8. The number of nitrogens with one attached hydrogen (secondary N) is 2. The number of carbonyl (C=O) groups is 1. The second-order valence-corrected chi connectivity index (χ2v) is 10.2. The minimum absolute atomic E-state index is 0. The van der Waals surface area contributed by atoms with Gasteiger partial charge in [-0.15, -0.1) is 12.4 Å². The van der Waals surface area contributed by atoms with Crippen LogP contribution in [0.1, 0.15) is 31.2 Å². The predicted molar refractivity (Wildman–Crippen MR) is 134 cm³/mol. The van der Waals surface area contributed by atoms with Crippen molar-refractivity contribution in [2.45, 2.75) is 49.6 Å². The van der Waals surface area contributed by atoms with Crippen LogP contribution >= 0.6 is 35.6 Å². The average Bonchev–Trinajstić information content (AvgIpc) is 2.72. The molecular weight excluding hydrogens is 493 g/mol. The van der Waals surface area contributed by atoms with Crippen LogP contribution in [0.15, 0.2) is 29.3 Å². The van der Waals surface area contributed by atoms with E-state index in [9.17, 15) is 9.35 Å². The Bertz CT molecular complexity index is 926. The maximum absolute atomic E-state index is 12.4. The van der Waals surface area contributed by atoms with Gasteiger partial charge in [0.25, 0.3) is 5.91 Å². The number of hydrogen-bond donors (Lipinski definition) is 2. The Morgan fingerprint density at radius 1 is 1.19 bits per heavy atom. The summed E-state index contributed by atoms with van der Waals surface area (Å²) in [5.41, 5.74) is 1.03. The lowest BCUT2D eigenvalue weighted by molar-refractivity contribution is -0.119. The van der Waals surface area contributed by atoms with Gasteiger partial charge in [-0.1, -0.05) is 23.2 Å². The van der Waals surface area contributed by atoms with Gasteiger partial charge in [0.2, 0.25) is 5.95 Å². The number of halogens is 3. The molecule has 1 aliphatic rings. The largest absolute Gasteiger partial charge is 0.611 e. The van der Waals surface area contributed by atoms with Gasteiger partial charge in [-0.05, 0) is 55.9 Å². The van der Waals surface area contributed by atoms with Crippen LogP contribution in [0, 0.1) is 6.92 Å². The summed E-state index contributed by atoms with van der Waals surface area (Å²) in [7, 11) is 3.92. The summed E-state index contributed by atoms with van der Waals surface area (Å²) >= 11 is 10.4. The second-order valence-electron chi connectivity index (χ2n) is 7.92. The first kappa shape index (κ1) is 26.8. The molecule has 0 bridgehead atoms. The van der Waals surface area contributed by atoms with E-state index in [4.69, 9.17) is 23.2 Å². The van der Waals surface area contributed by atoms with Gasteiger partial charge < -0.3 is 20.1 Å². The molecule has 1 saturated carbocycles. The molecule has 1 aromatic heterocycles. The van der Waals surface area contributed by atoms with Crippen LogP contribution in [0.4, 0.5) is 11.8 Å². The predicted octanol–water partition coefficient (Wildman–Crippen LogP) is 4.23. The summed E-state index contributed by atoms with van der Waals surface area (Å²) in [6.45, 7) is 1.99. The summed E-state index contributed by atoms with van der Waals surface area (Å²) in [6.07, 6.45) is 5.31. The second kappa shape index (κ2) is 12.1. The number of anilines is 2. The molecule has 0 spiro atoms. The third-order valence-corrected chi connectivity index (χ3v) is 7.25. The highest BCUT2D eigenvalue weighted by Gasteiger charge is 2.25. The van der Waals surface area contributed by atoms with Crippen molar-refractivity contribution in [1.82, 2.24) is 15.3 Å². The van der Waals surface area contributed by atoms with E-state index in [2.05, 4.69) is 20.6 Å². The number of amides is 1. The van der Waals surface area contributed by atoms with E-state index in [1.165, 1.54) is 0 Å². The van der Waals surface area contributed by atoms with Crippen molar-refractivity contribution >= 4 is 64.5 Å². The molecule has 0 aliphatic heterocycles. The smallest absolute Gasteiger partial charge is 0.270 e. The first-order valence-corrected chi connectivity index (χ1v) is 12.2. The Morgan fingerprint density at radius 3 is 2.47 bits per heavy atom. The van der Waals surface area contributed by atoms with E-state index in [1.54, 1.807) is 18.2 Å². The first-order chi connectivity index (χ1) is 14.7. The van der Waals surface area contributed by atoms with Crippen molar-refractivity contribution in [2.24, 2.45) is 0 Å². The third-order valence-electron chi connectivity index (χ3n) is 5.21. The SMILES string of the molecule is Cc1cnc(N[C@H]2CC[C@@H](NC(=O)C[S+]([O-])c3ccc(Cl)c(Cl)c3)CC2)nc1N(C)C.Cl. The van der Waals surface area contributed by atoms with Gasteiger partial charge in [-0.25, -0.2) is 4.98 Å². The number of benzene rings is 1. The summed E-state index contributed by atoms with van der Waals surface area (Å²) in [5, 5.41) is 7.13. The van der Waals surface area contributed by atoms with Crippen LogP contribution in [0.5, 0.6) is 0 Å². The lowest BCUT2D eigenvalue weighted by Crippen LogP contribution is -2.42. The van der Waals surface area contributed by atoms with E-state index in [-0.39, 0.29) is 36.2 Å². The van der Waals surface area contributed by atoms with E-state index >= 15 is 0 Å². The van der Waals surface area contributed by atoms with E-state index in [1.807, 2.05) is 32.1 Å². The fraction of sp³-hybridized carbons (Fsp3) is 0.476. The zero-order valence-corrected chi connectivity index (χ0v) is 21.4. The molecule has 1 atom stereocenters. The Kier molecular flexibility index (Phi) is 10.2. The molecule has 7 nitrogen and oxygen atoms in total. The monoisotopic (exact) mass is 519 g/mol. The number of aryl methyl sites for hydroxylation is 1. The van der Waals surface area contributed by atoms with Crippen molar-refractivity contribution in [2.75, 3.05) is 30.1 Å². The van der Waals surface area contributed by atoms with E-state index in [0.717, 1.165) is 37.1 Å². The lowest BCUT2D eigenvalue weighted by Gasteiger charge is -2.30. The zero-order valence-electron chi connectivity index (χ0n) is 18.2. The molecule has 32 heavy (non-hydrogen) atoms. The minimum atomic E-state index is -1.47. The molecule has 1 unspecified atom stereocenters. The van der Waals surface area contributed by atoms with Crippen molar-refractivity contribution in [1.29, 1.82) is 0 Å². The molecule has 11 heteroatoms. The van der Waals surface area contributed by atoms with Gasteiger partial charge in [0.1, 0.15) is 5.82 Å². The van der Waals surface area contributed by atoms with Crippen LogP contribution < -0.4 is 15.5 Å². The van der Waals surface area contributed by atoms with E-state index < -0.39 is 11.2 Å². The maximum atomic E-state index is 12.4. The van der Waals surface area contributed by atoms with Crippen LogP contribution in [0.2, 0.25) is 10.0 Å². The number of hydrogen-bond acceptors (Lipinski definition) is 6. The first-order valence-electron chi connectivity index (χ1n) is 10.1. The molecule has 0 saturated heterocycles. The van der Waals surface area contributed by atoms with Crippen molar-refractivity contribution in [3.05, 3.63) is 40.0 Å². The van der Waals surface area contributed by atoms with Crippen molar-refractivity contribution < 1.29 is 9.35 Å². The Hall–Kier alpha value is -1.45. The molecule has 1 fully saturated rings. The highest BCUT2D eigenvalue weighted by atomic mass is 35.5. The Morgan fingerprint density at radius 2 is 1.84 bits per heavy atom. The Balaban J connectivity index is 0.00000363. The molecular formula is C21H28Cl3N5O2S. The third kappa shape index (κ3) is 7.28. The molecule has 1 heterocycles. The molecule has 2 N–H and O–H groups in total. The minimum Gasteiger partial charge on any atom is -0.611 e. The molecule has 0 radical (unpaired) electrons. The molecule has 1 aliphatic carbocycles. The fourth-order valence-corrected chi connectivity index (χ4v) is 4.93. The molecule has 176 valence electrons. The highest BCUT2D eigenvalue weighted by Crippen LogP contribution is 2.26. The lowest BCUT2D eigenvalue weighted by atomic mass is 9.91. The Labute approximate surface area is 208 Å². The molecule has 3 rings (SSSR count). The normalized spacial score (nSPS) is 18.9. The van der Waals surface area contributed by atoms with Crippen molar-refractivity contribution in [3.8, 4) is 0 Å². The standard InChI is InChI=1S/C21H27Cl2N5O2S.ClH/c1-13-11-24-21(27-20(13)28(2)3)26-15-6-4-14(5-7-15)25-19(29)12-31(30)16-8-9-17(22)18(23)10-16;/h8-11,14-15H,4-7,12H2,1-3H3,(H,25,29)(H,24,26,27);1H/t14-,15+,31?;. The summed E-state index contributed by atoms with van der Waals surface area (Å²) in [5.74, 6) is 1.20. The number of rotatable bonds is 7. The highest BCUT2D eigenvalue weighted by molar-refractivity contribution is 7.92. The molecule has 2 aromatic rings. The topological polar surface area (TPSA) is 93.2 Å². The van der Waals surface area contributed by atoms with Gasteiger partial charge in [-0.3, -0.25) is 4.79 Å². The van der Waals surface area contributed by atoms with E-state index in [0.29, 0.717) is 20.9 Å². The van der Waals surface area contributed by atoms with Gasteiger partial charge in [0, 0.05) is 44.0 Å². The summed E-state index contributed by atoms with van der Waals surface area (Å²) in [6, 6.07) is 5.09. The fourth-order valence-electron chi connectivity index (χ4n) is 3.61. The summed E-state index contributed by atoms with van der Waals surface area (Å²) < 4.78 is 12.4. The van der Waals surface area contributed by atoms with Gasteiger partial charge in [0.15, 0.2) is 10.6 Å². The number of carbonyl (C=O) groups excluding carboxylic acids is 1. The van der Waals surface area contributed by atoms with Gasteiger partial charge >= 0.3 is 0 Å². The number of nitrogens with zero attached hydrogens (tertiary/aromatic N) is 3. The van der Waals surface area contributed by atoms with Crippen molar-refractivity contribution in [3.63, 3.8) is 0 Å². The van der Waals surface area contributed by atoms with Gasteiger partial charge in [0.05, 0.1) is 10.0 Å². The zero-order chi connectivity index (χ0) is 22.5. The maximum Gasteiger partial charge on any atom is 0.270 e. The number of aromatic nitrogens is 2. The van der Waals surface area contributed by atoms with Gasteiger partial charge in [-0.2, -0.15) is 4.98 Å². The molecule has 1 amide bonds. The van der Waals surface area contributed by atoms with Crippen LogP contribution in [0.25, 0.3) is 0 Å². The quantitative estimate of drug-likeness (QED) is 0.531. The van der Waals surface area contributed by atoms with Crippen LogP contribution in [0.3, 0.4) is 0 Å². The van der Waals surface area contributed by atoms with Crippen LogP contribution in [-0.2, 0) is 16.0 Å². The average molecular weight is 521 g/mol. The molecule has 1 aromatic carbocycles.